The van der Waals surface area contributed by atoms with Crippen LogP contribution in [0.2, 0.25) is 0 Å². The molecule has 0 bridgehead atoms. The molecular formula is C24H33N5O4. The lowest BCUT2D eigenvalue weighted by Gasteiger charge is -2.38. The molecule has 2 aliphatic rings. The standard InChI is InChI=1S/C24H33N5O4/c1-24(2)14-16-6-4-7-17(21(16)33-24)22(31)27-18-9-13-29(15-19(18)32-3)12-5-10-25-23-26-11-8-20(30)28-23/h4,6-8,11,18-19H,5,9-10,12-15H2,1-3H3,(H,27,31)(H2,25,26,28,30). The molecule has 9 heteroatoms. The van der Waals surface area contributed by atoms with Gasteiger partial charge >= 0.3 is 0 Å². The van der Waals surface area contributed by atoms with E-state index in [4.69, 9.17) is 9.47 Å². The SMILES string of the molecule is COC1CN(CCCNc2nccc(=O)[nH]2)CCC1NC(=O)c1cccc2c1OC(C)(C)C2. The van der Waals surface area contributed by atoms with E-state index in [1.807, 2.05) is 32.0 Å². The molecule has 2 atom stereocenters. The number of fused-ring (bicyclic) bond motifs is 1. The van der Waals surface area contributed by atoms with Gasteiger partial charge in [-0.15, -0.1) is 0 Å². The first-order valence-corrected chi connectivity index (χ1v) is 11.5. The fourth-order valence-corrected chi connectivity index (χ4v) is 4.60. The maximum Gasteiger partial charge on any atom is 0.255 e. The van der Waals surface area contributed by atoms with Gasteiger partial charge in [0.05, 0.1) is 17.7 Å². The molecule has 0 saturated carbocycles. The van der Waals surface area contributed by atoms with Crippen LogP contribution in [0.4, 0.5) is 5.95 Å². The zero-order valence-electron chi connectivity index (χ0n) is 19.5. The summed E-state index contributed by atoms with van der Waals surface area (Å²) in [6.07, 6.45) is 3.91. The van der Waals surface area contributed by atoms with Crippen LogP contribution in [0.5, 0.6) is 5.75 Å². The Morgan fingerprint density at radius 2 is 2.21 bits per heavy atom. The number of nitrogens with zero attached hydrogens (tertiary/aromatic N) is 2. The molecule has 1 amide bonds. The van der Waals surface area contributed by atoms with Gasteiger partial charge in [-0.2, -0.15) is 0 Å². The average molecular weight is 456 g/mol. The Morgan fingerprint density at radius 1 is 1.36 bits per heavy atom. The predicted molar refractivity (Wildman–Crippen MR) is 126 cm³/mol. The smallest absolute Gasteiger partial charge is 0.255 e. The summed E-state index contributed by atoms with van der Waals surface area (Å²) in [5.41, 5.74) is 1.21. The van der Waals surface area contributed by atoms with E-state index in [0.717, 1.165) is 44.5 Å². The molecule has 3 heterocycles. The van der Waals surface area contributed by atoms with Crippen molar-refractivity contribution in [2.45, 2.75) is 50.9 Å². The molecule has 1 fully saturated rings. The van der Waals surface area contributed by atoms with E-state index in [1.165, 1.54) is 12.3 Å². The highest BCUT2D eigenvalue weighted by atomic mass is 16.5. The number of hydrogen-bond acceptors (Lipinski definition) is 7. The number of amides is 1. The second-order valence-corrected chi connectivity index (χ2v) is 9.34. The number of para-hydroxylation sites is 1. The lowest BCUT2D eigenvalue weighted by Crippen LogP contribution is -2.55. The molecule has 9 nitrogen and oxygen atoms in total. The number of aromatic nitrogens is 2. The van der Waals surface area contributed by atoms with Crippen LogP contribution in [0.1, 0.15) is 42.6 Å². The second-order valence-electron chi connectivity index (χ2n) is 9.34. The summed E-state index contributed by atoms with van der Waals surface area (Å²) >= 11 is 0. The summed E-state index contributed by atoms with van der Waals surface area (Å²) in [7, 11) is 1.69. The lowest BCUT2D eigenvalue weighted by atomic mass is 9.99. The Bertz CT molecular complexity index is 1040. The van der Waals surface area contributed by atoms with Gasteiger partial charge in [0.2, 0.25) is 5.95 Å². The van der Waals surface area contributed by atoms with Gasteiger partial charge in [0.25, 0.3) is 11.5 Å². The Morgan fingerprint density at radius 3 is 3.00 bits per heavy atom. The molecule has 0 spiro atoms. The second kappa shape index (κ2) is 9.93. The Balaban J connectivity index is 1.28. The predicted octanol–water partition coefficient (Wildman–Crippen LogP) is 1.80. The van der Waals surface area contributed by atoms with E-state index in [-0.39, 0.29) is 29.2 Å². The maximum absolute atomic E-state index is 13.1. The summed E-state index contributed by atoms with van der Waals surface area (Å²) in [6.45, 7) is 7.30. The average Bonchev–Trinajstić information content (AvgIpc) is 3.11. The van der Waals surface area contributed by atoms with Crippen LogP contribution in [0, 0.1) is 0 Å². The number of carbonyl (C=O) groups excluding carboxylic acids is 1. The number of rotatable bonds is 8. The zero-order valence-corrected chi connectivity index (χ0v) is 19.5. The zero-order chi connectivity index (χ0) is 23.4. The number of H-pyrrole nitrogens is 1. The molecular weight excluding hydrogens is 422 g/mol. The fraction of sp³-hybridized carbons (Fsp3) is 0.542. The van der Waals surface area contributed by atoms with Crippen LogP contribution in [-0.2, 0) is 11.2 Å². The number of methoxy groups -OCH3 is 1. The summed E-state index contributed by atoms with van der Waals surface area (Å²) in [5, 5.41) is 6.32. The number of benzene rings is 1. The molecule has 1 aromatic carbocycles. The molecule has 1 saturated heterocycles. The third-order valence-electron chi connectivity index (χ3n) is 6.21. The first-order chi connectivity index (χ1) is 15.8. The van der Waals surface area contributed by atoms with Gasteiger partial charge in [-0.3, -0.25) is 14.6 Å². The number of anilines is 1. The van der Waals surface area contributed by atoms with Crippen molar-refractivity contribution in [3.05, 3.63) is 51.9 Å². The van der Waals surface area contributed by atoms with Crippen LogP contribution in [-0.4, -0.2) is 71.8 Å². The Kier molecular flexibility index (Phi) is 6.99. The first-order valence-electron chi connectivity index (χ1n) is 11.5. The molecule has 4 rings (SSSR count). The van der Waals surface area contributed by atoms with Crippen molar-refractivity contribution in [2.24, 2.45) is 0 Å². The topological polar surface area (TPSA) is 109 Å². The van der Waals surface area contributed by atoms with Gasteiger partial charge in [0.1, 0.15) is 11.4 Å². The molecule has 2 aliphatic heterocycles. The van der Waals surface area contributed by atoms with Crippen molar-refractivity contribution in [1.29, 1.82) is 0 Å². The molecule has 2 unspecified atom stereocenters. The van der Waals surface area contributed by atoms with E-state index in [2.05, 4.69) is 25.5 Å². The van der Waals surface area contributed by atoms with Gasteiger partial charge in [-0.25, -0.2) is 4.98 Å². The highest BCUT2D eigenvalue weighted by molar-refractivity contribution is 5.97. The monoisotopic (exact) mass is 455 g/mol. The molecule has 33 heavy (non-hydrogen) atoms. The van der Waals surface area contributed by atoms with E-state index in [1.54, 1.807) is 7.11 Å². The molecule has 0 radical (unpaired) electrons. The largest absolute Gasteiger partial charge is 0.486 e. The quantitative estimate of drug-likeness (QED) is 0.521. The number of aromatic amines is 1. The van der Waals surface area contributed by atoms with Gasteiger partial charge in [-0.1, -0.05) is 12.1 Å². The number of likely N-dealkylation sites (tertiary alicyclic amines) is 1. The molecule has 0 aliphatic carbocycles. The van der Waals surface area contributed by atoms with Gasteiger partial charge < -0.3 is 25.0 Å². The number of piperidine rings is 1. The van der Waals surface area contributed by atoms with E-state index < -0.39 is 0 Å². The summed E-state index contributed by atoms with van der Waals surface area (Å²) < 4.78 is 11.8. The van der Waals surface area contributed by atoms with Crippen LogP contribution < -0.4 is 20.9 Å². The molecule has 1 aromatic heterocycles. The maximum atomic E-state index is 13.1. The van der Waals surface area contributed by atoms with Crippen molar-refractivity contribution in [1.82, 2.24) is 20.2 Å². The Labute approximate surface area is 193 Å². The van der Waals surface area contributed by atoms with Crippen molar-refractivity contribution < 1.29 is 14.3 Å². The molecule has 2 aromatic rings. The van der Waals surface area contributed by atoms with Crippen LogP contribution >= 0.6 is 0 Å². The highest BCUT2D eigenvalue weighted by Gasteiger charge is 2.35. The summed E-state index contributed by atoms with van der Waals surface area (Å²) in [4.78, 5) is 33.5. The number of hydrogen-bond donors (Lipinski definition) is 3. The van der Waals surface area contributed by atoms with E-state index in [0.29, 0.717) is 23.8 Å². The third-order valence-corrected chi connectivity index (χ3v) is 6.21. The minimum Gasteiger partial charge on any atom is -0.486 e. The number of ether oxygens (including phenoxy) is 2. The van der Waals surface area contributed by atoms with Gasteiger partial charge in [0.15, 0.2) is 0 Å². The van der Waals surface area contributed by atoms with Crippen LogP contribution in [0.3, 0.4) is 0 Å². The summed E-state index contributed by atoms with van der Waals surface area (Å²) in [6, 6.07) is 7.11. The van der Waals surface area contributed by atoms with Crippen molar-refractivity contribution in [2.75, 3.05) is 38.6 Å². The number of nitrogens with one attached hydrogen (secondary N) is 3. The van der Waals surface area contributed by atoms with E-state index >= 15 is 0 Å². The minimum atomic E-state index is -0.292. The van der Waals surface area contributed by atoms with Crippen molar-refractivity contribution in [3.8, 4) is 5.75 Å². The van der Waals surface area contributed by atoms with E-state index in [9.17, 15) is 9.59 Å². The Hall–Kier alpha value is -2.91. The lowest BCUT2D eigenvalue weighted by molar-refractivity contribution is 0.00634. The van der Waals surface area contributed by atoms with Crippen molar-refractivity contribution >= 4 is 11.9 Å². The minimum absolute atomic E-state index is 0.0549. The molecule has 178 valence electrons. The van der Waals surface area contributed by atoms with Gasteiger partial charge in [0, 0.05) is 45.4 Å². The first kappa shape index (κ1) is 23.3. The molecule has 3 N–H and O–H groups in total. The highest BCUT2D eigenvalue weighted by Crippen LogP contribution is 2.37. The van der Waals surface area contributed by atoms with Crippen LogP contribution in [0.25, 0.3) is 0 Å². The normalized spacial score (nSPS) is 21.8. The fourth-order valence-electron chi connectivity index (χ4n) is 4.60. The third kappa shape index (κ3) is 5.72. The summed E-state index contributed by atoms with van der Waals surface area (Å²) in [5.74, 6) is 1.07. The van der Waals surface area contributed by atoms with Crippen molar-refractivity contribution in [3.63, 3.8) is 0 Å². The van der Waals surface area contributed by atoms with Crippen LogP contribution in [0.15, 0.2) is 35.3 Å². The number of carbonyl (C=O) groups is 1. The van der Waals surface area contributed by atoms with Gasteiger partial charge in [-0.05, 0) is 44.9 Å².